The van der Waals surface area contributed by atoms with E-state index in [1.54, 1.807) is 0 Å². The molecule has 4 heteroatoms. The lowest BCUT2D eigenvalue weighted by atomic mass is 9.97. The molecule has 0 spiro atoms. The van der Waals surface area contributed by atoms with Crippen molar-refractivity contribution in [3.63, 3.8) is 0 Å². The maximum atomic E-state index is 6.40. The maximum absolute atomic E-state index is 6.40. The van der Waals surface area contributed by atoms with Crippen LogP contribution in [0.5, 0.6) is 0 Å². The van der Waals surface area contributed by atoms with Crippen LogP contribution in [0.4, 0.5) is 0 Å². The molecule has 0 aliphatic carbocycles. The van der Waals surface area contributed by atoms with Crippen LogP contribution in [0.15, 0.2) is 48.5 Å². The molecule has 20 heavy (non-hydrogen) atoms. The first-order valence-electron chi connectivity index (χ1n) is 6.40. The molecule has 2 N–H and O–H groups in total. The molecule has 1 unspecified atom stereocenters. The lowest BCUT2D eigenvalue weighted by Gasteiger charge is -2.16. The Labute approximate surface area is 122 Å². The highest BCUT2D eigenvalue weighted by atomic mass is 35.5. The number of fused-ring (bicyclic) bond motifs is 1. The van der Waals surface area contributed by atoms with Gasteiger partial charge in [0.1, 0.15) is 0 Å². The van der Waals surface area contributed by atoms with Crippen LogP contribution in [0.3, 0.4) is 0 Å². The summed E-state index contributed by atoms with van der Waals surface area (Å²) in [5.74, 6) is 0. The molecule has 0 amide bonds. The van der Waals surface area contributed by atoms with Crippen LogP contribution >= 0.6 is 11.6 Å². The van der Waals surface area contributed by atoms with Crippen molar-refractivity contribution in [1.82, 2.24) is 9.97 Å². The number of hydrogen-bond acceptors (Lipinski definition) is 3. The van der Waals surface area contributed by atoms with Crippen LogP contribution in [0.25, 0.3) is 10.9 Å². The molecule has 0 fully saturated rings. The fourth-order valence-electron chi connectivity index (χ4n) is 2.39. The molecule has 2 aromatic carbocycles. The van der Waals surface area contributed by atoms with E-state index in [1.165, 1.54) is 0 Å². The normalized spacial score (nSPS) is 12.6. The van der Waals surface area contributed by atoms with E-state index in [9.17, 15) is 0 Å². The van der Waals surface area contributed by atoms with Crippen LogP contribution in [-0.4, -0.2) is 9.97 Å². The van der Waals surface area contributed by atoms with Gasteiger partial charge in [-0.25, -0.2) is 9.97 Å². The number of hydrogen-bond donors (Lipinski definition) is 1. The van der Waals surface area contributed by atoms with Gasteiger partial charge in [0.25, 0.3) is 0 Å². The first-order chi connectivity index (χ1) is 9.66. The summed E-state index contributed by atoms with van der Waals surface area (Å²) in [6.07, 6.45) is 0. The Hall–Kier alpha value is -1.97. The fraction of sp³-hybridized carbons (Fsp3) is 0.125. The summed E-state index contributed by atoms with van der Waals surface area (Å²) in [4.78, 5) is 8.58. The van der Waals surface area contributed by atoms with Gasteiger partial charge in [-0.05, 0) is 35.7 Å². The molecule has 3 rings (SSSR count). The van der Waals surface area contributed by atoms with Gasteiger partial charge in [-0.3, -0.25) is 0 Å². The zero-order chi connectivity index (χ0) is 14.1. The van der Waals surface area contributed by atoms with E-state index in [4.69, 9.17) is 17.3 Å². The second kappa shape index (κ2) is 5.19. The molecule has 0 bridgehead atoms. The molecule has 3 nitrogen and oxygen atoms in total. The lowest BCUT2D eigenvalue weighted by molar-refractivity contribution is 0.827. The molecular weight excluding hydrogens is 270 g/mol. The van der Waals surface area contributed by atoms with Crippen molar-refractivity contribution in [2.24, 2.45) is 5.73 Å². The Bertz CT molecular complexity index is 771. The second-order valence-electron chi connectivity index (χ2n) is 4.73. The fourth-order valence-corrected chi connectivity index (χ4v) is 2.57. The summed E-state index contributed by atoms with van der Waals surface area (Å²) in [6.45, 7) is 2.04. The van der Waals surface area contributed by atoms with Crippen molar-refractivity contribution in [3.05, 3.63) is 70.6 Å². The molecule has 3 aromatic rings. The molecule has 0 saturated heterocycles. The van der Waals surface area contributed by atoms with Crippen LogP contribution in [0.2, 0.25) is 5.28 Å². The van der Waals surface area contributed by atoms with Gasteiger partial charge < -0.3 is 5.73 Å². The van der Waals surface area contributed by atoms with E-state index < -0.39 is 0 Å². The van der Waals surface area contributed by atoms with Crippen LogP contribution in [0, 0.1) is 6.92 Å². The predicted octanol–water partition coefficient (Wildman–Crippen LogP) is 3.64. The maximum Gasteiger partial charge on any atom is 0.223 e. The molecule has 1 atom stereocenters. The zero-order valence-electron chi connectivity index (χ0n) is 11.0. The van der Waals surface area contributed by atoms with Crippen molar-refractivity contribution in [1.29, 1.82) is 0 Å². The first-order valence-corrected chi connectivity index (χ1v) is 6.78. The molecular formula is C16H14ClN3. The van der Waals surface area contributed by atoms with Gasteiger partial charge in [0.15, 0.2) is 0 Å². The predicted molar refractivity (Wildman–Crippen MR) is 81.8 cm³/mol. The van der Waals surface area contributed by atoms with Gasteiger partial charge in [0.05, 0.1) is 17.3 Å². The molecule has 0 aliphatic heterocycles. The standard InChI is InChI=1S/C16H14ClN3/c1-10-6-2-3-7-11(10)14(18)15-12-8-4-5-9-13(12)19-16(17)20-15/h2-9,14H,18H2,1H3. The topological polar surface area (TPSA) is 51.8 Å². The van der Waals surface area contributed by atoms with Gasteiger partial charge in [0, 0.05) is 5.39 Å². The van der Waals surface area contributed by atoms with Gasteiger partial charge in [-0.15, -0.1) is 0 Å². The molecule has 1 aromatic heterocycles. The number of nitrogens with zero attached hydrogens (tertiary/aromatic N) is 2. The Balaban J connectivity index is 2.21. The third kappa shape index (κ3) is 2.26. The number of aromatic nitrogens is 2. The molecule has 0 radical (unpaired) electrons. The van der Waals surface area contributed by atoms with Gasteiger partial charge in [-0.1, -0.05) is 42.5 Å². The largest absolute Gasteiger partial charge is 0.319 e. The highest BCUT2D eigenvalue weighted by Crippen LogP contribution is 2.27. The second-order valence-corrected chi connectivity index (χ2v) is 5.07. The summed E-state index contributed by atoms with van der Waals surface area (Å²) in [5.41, 5.74) is 10.2. The number of aryl methyl sites for hydroxylation is 1. The monoisotopic (exact) mass is 283 g/mol. The Morgan fingerprint density at radius 3 is 2.50 bits per heavy atom. The minimum Gasteiger partial charge on any atom is -0.319 e. The van der Waals surface area contributed by atoms with Crippen LogP contribution < -0.4 is 5.73 Å². The van der Waals surface area contributed by atoms with Crippen molar-refractivity contribution in [3.8, 4) is 0 Å². The van der Waals surface area contributed by atoms with E-state index in [0.29, 0.717) is 0 Å². The van der Waals surface area contributed by atoms with Crippen molar-refractivity contribution < 1.29 is 0 Å². The van der Waals surface area contributed by atoms with Crippen LogP contribution in [-0.2, 0) is 0 Å². The summed E-state index contributed by atoms with van der Waals surface area (Å²) in [5, 5.41) is 1.16. The minimum atomic E-state index is -0.318. The van der Waals surface area contributed by atoms with Gasteiger partial charge in [0.2, 0.25) is 5.28 Å². The van der Waals surface area contributed by atoms with Crippen molar-refractivity contribution in [2.75, 3.05) is 0 Å². The SMILES string of the molecule is Cc1ccccc1C(N)c1nc(Cl)nc2ccccc12. The van der Waals surface area contributed by atoms with Gasteiger partial charge in [-0.2, -0.15) is 0 Å². The van der Waals surface area contributed by atoms with E-state index in [-0.39, 0.29) is 11.3 Å². The van der Waals surface area contributed by atoms with E-state index in [1.807, 2.05) is 55.5 Å². The number of halogens is 1. The Morgan fingerprint density at radius 1 is 1.00 bits per heavy atom. The van der Waals surface area contributed by atoms with Crippen LogP contribution in [0.1, 0.15) is 22.9 Å². The molecule has 1 heterocycles. The summed E-state index contributed by atoms with van der Waals surface area (Å²) in [7, 11) is 0. The number of benzene rings is 2. The average Bonchev–Trinajstić information content (AvgIpc) is 2.46. The van der Waals surface area contributed by atoms with Crippen molar-refractivity contribution in [2.45, 2.75) is 13.0 Å². The third-order valence-corrected chi connectivity index (χ3v) is 3.59. The minimum absolute atomic E-state index is 0.225. The smallest absolute Gasteiger partial charge is 0.223 e. The molecule has 0 saturated carbocycles. The third-order valence-electron chi connectivity index (χ3n) is 3.42. The number of rotatable bonds is 2. The summed E-state index contributed by atoms with van der Waals surface area (Å²) < 4.78 is 0. The van der Waals surface area contributed by atoms with E-state index >= 15 is 0 Å². The van der Waals surface area contributed by atoms with E-state index in [2.05, 4.69) is 9.97 Å². The Kier molecular flexibility index (Phi) is 3.38. The lowest BCUT2D eigenvalue weighted by Crippen LogP contribution is -2.16. The molecule has 0 aliphatic rings. The number of nitrogens with two attached hydrogens (primary N) is 1. The zero-order valence-corrected chi connectivity index (χ0v) is 11.8. The van der Waals surface area contributed by atoms with E-state index in [0.717, 1.165) is 27.7 Å². The highest BCUT2D eigenvalue weighted by Gasteiger charge is 2.17. The summed E-state index contributed by atoms with van der Waals surface area (Å²) in [6, 6.07) is 15.5. The quantitative estimate of drug-likeness (QED) is 0.731. The van der Waals surface area contributed by atoms with Crippen molar-refractivity contribution >= 4 is 22.5 Å². The van der Waals surface area contributed by atoms with Gasteiger partial charge >= 0.3 is 0 Å². The first kappa shape index (κ1) is 13.0. The average molecular weight is 284 g/mol. The highest BCUT2D eigenvalue weighted by molar-refractivity contribution is 6.28. The molecule has 100 valence electrons. The summed E-state index contributed by atoms with van der Waals surface area (Å²) >= 11 is 6.02. The Morgan fingerprint density at radius 2 is 1.70 bits per heavy atom. The number of para-hydroxylation sites is 1.